The smallest absolute Gasteiger partial charge is 0.123 e. The number of hydrogen-bond donors (Lipinski definition) is 0. The molecule has 0 aromatic heterocycles. The Morgan fingerprint density at radius 3 is 1.84 bits per heavy atom. The van der Waals surface area contributed by atoms with Crippen LogP contribution >= 0.6 is 47.8 Å². The van der Waals surface area contributed by atoms with Gasteiger partial charge >= 0.3 is 0 Å². The molecule has 2 rings (SSSR count). The average Bonchev–Trinajstić information content (AvgIpc) is 2.25. The lowest BCUT2D eigenvalue weighted by Crippen LogP contribution is -2.00. The first-order valence-electron chi connectivity index (χ1n) is 5.75. The molecule has 0 radical (unpaired) electrons. The van der Waals surface area contributed by atoms with Crippen molar-refractivity contribution in [1.29, 1.82) is 0 Å². The van der Waals surface area contributed by atoms with Crippen molar-refractivity contribution in [2.24, 2.45) is 0 Å². The fourth-order valence-electron chi connectivity index (χ4n) is 2.21. The summed E-state index contributed by atoms with van der Waals surface area (Å²) in [5.41, 5.74) is 4.15. The zero-order valence-corrected chi connectivity index (χ0v) is 15.2. The minimum atomic E-state index is -0.186. The molecule has 4 heteroatoms. The van der Waals surface area contributed by atoms with Crippen LogP contribution in [0.5, 0.6) is 0 Å². The van der Waals surface area contributed by atoms with Gasteiger partial charge in [-0.25, -0.2) is 4.39 Å². The van der Waals surface area contributed by atoms with Gasteiger partial charge in [-0.3, -0.25) is 0 Å². The highest BCUT2D eigenvalue weighted by molar-refractivity contribution is 9.11. The molecule has 0 saturated carbocycles. The van der Waals surface area contributed by atoms with Gasteiger partial charge < -0.3 is 0 Å². The predicted octanol–water partition coefficient (Wildman–Crippen LogP) is 6.45. The Balaban J connectivity index is 2.52. The second kappa shape index (κ2) is 6.06. The van der Waals surface area contributed by atoms with Crippen molar-refractivity contribution in [2.45, 2.75) is 18.7 Å². The lowest BCUT2D eigenvalue weighted by atomic mass is 9.96. The van der Waals surface area contributed by atoms with E-state index in [1.54, 1.807) is 12.1 Å². The van der Waals surface area contributed by atoms with Crippen molar-refractivity contribution in [3.05, 3.63) is 67.3 Å². The maximum atomic E-state index is 13.4. The summed E-state index contributed by atoms with van der Waals surface area (Å²) in [5.74, 6) is -0.186. The zero-order chi connectivity index (χ0) is 14.2. The standard InChI is InChI=1S/C15H12Br3F/c1-8-3-13(19)4-9(2)14(8)15(18)10-5-11(16)7-12(17)6-10/h3-7,15H,1-2H3. The van der Waals surface area contributed by atoms with E-state index in [0.29, 0.717) is 0 Å². The number of rotatable bonds is 2. The molecule has 2 aromatic rings. The normalized spacial score (nSPS) is 12.5. The molecule has 0 spiro atoms. The molecule has 0 aliphatic carbocycles. The Labute approximate surface area is 137 Å². The topological polar surface area (TPSA) is 0 Å². The molecule has 0 nitrogen and oxygen atoms in total. The van der Waals surface area contributed by atoms with Crippen LogP contribution in [0.1, 0.15) is 27.1 Å². The Morgan fingerprint density at radius 1 is 0.895 bits per heavy atom. The SMILES string of the molecule is Cc1cc(F)cc(C)c1C(Br)c1cc(Br)cc(Br)c1. The number of alkyl halides is 1. The van der Waals surface area contributed by atoms with E-state index in [4.69, 9.17) is 0 Å². The van der Waals surface area contributed by atoms with Crippen LogP contribution in [0.15, 0.2) is 39.3 Å². The quantitative estimate of drug-likeness (QED) is 0.461. The number of benzene rings is 2. The summed E-state index contributed by atoms with van der Waals surface area (Å²) >= 11 is 10.7. The van der Waals surface area contributed by atoms with Gasteiger partial charge in [0.25, 0.3) is 0 Å². The van der Waals surface area contributed by atoms with E-state index in [-0.39, 0.29) is 10.6 Å². The van der Waals surface area contributed by atoms with Gasteiger partial charge in [-0.15, -0.1) is 0 Å². The Hall–Kier alpha value is -0.190. The molecule has 1 unspecified atom stereocenters. The van der Waals surface area contributed by atoms with Crippen LogP contribution in [0, 0.1) is 19.7 Å². The van der Waals surface area contributed by atoms with Crippen molar-refractivity contribution in [3.8, 4) is 0 Å². The van der Waals surface area contributed by atoms with E-state index in [1.807, 2.05) is 19.9 Å². The summed E-state index contributed by atoms with van der Waals surface area (Å²) in [6.45, 7) is 3.87. The van der Waals surface area contributed by atoms with Crippen LogP contribution in [0.2, 0.25) is 0 Å². The van der Waals surface area contributed by atoms with Crippen LogP contribution in [0.3, 0.4) is 0 Å². The molecule has 100 valence electrons. The lowest BCUT2D eigenvalue weighted by Gasteiger charge is -2.17. The van der Waals surface area contributed by atoms with Crippen molar-refractivity contribution < 1.29 is 4.39 Å². The summed E-state index contributed by atoms with van der Waals surface area (Å²) in [5, 5.41) is 0. The van der Waals surface area contributed by atoms with Crippen molar-refractivity contribution in [3.63, 3.8) is 0 Å². The third-order valence-electron chi connectivity index (χ3n) is 2.99. The Morgan fingerprint density at radius 2 is 1.37 bits per heavy atom. The van der Waals surface area contributed by atoms with Gasteiger partial charge in [0, 0.05) is 8.95 Å². The first kappa shape index (κ1) is 15.2. The molecule has 0 aliphatic rings. The molecule has 0 amide bonds. The monoisotopic (exact) mass is 448 g/mol. The Bertz CT molecular complexity index is 580. The van der Waals surface area contributed by atoms with Gasteiger partial charge in [0.15, 0.2) is 0 Å². The van der Waals surface area contributed by atoms with Gasteiger partial charge in [-0.1, -0.05) is 47.8 Å². The van der Waals surface area contributed by atoms with E-state index in [2.05, 4.69) is 59.9 Å². The largest absolute Gasteiger partial charge is 0.207 e. The fourth-order valence-corrected chi connectivity index (χ4v) is 4.53. The van der Waals surface area contributed by atoms with Crippen LogP contribution in [-0.2, 0) is 0 Å². The first-order chi connectivity index (χ1) is 8.88. The van der Waals surface area contributed by atoms with E-state index in [0.717, 1.165) is 31.2 Å². The lowest BCUT2D eigenvalue weighted by molar-refractivity contribution is 0.624. The number of halogens is 4. The van der Waals surface area contributed by atoms with Gasteiger partial charge in [0.05, 0.1) is 4.83 Å². The Kier molecular flexibility index (Phi) is 4.85. The minimum Gasteiger partial charge on any atom is -0.207 e. The molecular formula is C15H12Br3F. The first-order valence-corrected chi connectivity index (χ1v) is 8.25. The van der Waals surface area contributed by atoms with Gasteiger partial charge in [0.2, 0.25) is 0 Å². The van der Waals surface area contributed by atoms with Crippen LogP contribution in [0.4, 0.5) is 4.39 Å². The summed E-state index contributed by atoms with van der Waals surface area (Å²) in [6, 6.07) is 9.26. The van der Waals surface area contributed by atoms with E-state index >= 15 is 0 Å². The fraction of sp³-hybridized carbons (Fsp3) is 0.200. The van der Waals surface area contributed by atoms with Crippen LogP contribution in [0.25, 0.3) is 0 Å². The molecule has 0 saturated heterocycles. The second-order valence-corrected chi connectivity index (χ2v) is 7.27. The van der Waals surface area contributed by atoms with Crippen LogP contribution < -0.4 is 0 Å². The van der Waals surface area contributed by atoms with Crippen molar-refractivity contribution in [2.75, 3.05) is 0 Å². The van der Waals surface area contributed by atoms with E-state index in [1.165, 1.54) is 0 Å². The molecular weight excluding hydrogens is 439 g/mol. The summed E-state index contributed by atoms with van der Waals surface area (Å²) in [4.78, 5) is 0.0434. The van der Waals surface area contributed by atoms with Gasteiger partial charge in [-0.05, 0) is 66.4 Å². The third kappa shape index (κ3) is 3.47. The highest BCUT2D eigenvalue weighted by Gasteiger charge is 2.17. The number of aryl methyl sites for hydroxylation is 2. The summed E-state index contributed by atoms with van der Waals surface area (Å²) < 4.78 is 15.4. The van der Waals surface area contributed by atoms with Crippen LogP contribution in [-0.4, -0.2) is 0 Å². The summed E-state index contributed by atoms with van der Waals surface area (Å²) in [7, 11) is 0. The van der Waals surface area contributed by atoms with Crippen molar-refractivity contribution >= 4 is 47.8 Å². The maximum Gasteiger partial charge on any atom is 0.123 e. The molecule has 2 aromatic carbocycles. The minimum absolute atomic E-state index is 0.0434. The van der Waals surface area contributed by atoms with E-state index in [9.17, 15) is 4.39 Å². The average molecular weight is 451 g/mol. The highest BCUT2D eigenvalue weighted by atomic mass is 79.9. The molecule has 1 atom stereocenters. The summed E-state index contributed by atoms with van der Waals surface area (Å²) in [6.07, 6.45) is 0. The highest BCUT2D eigenvalue weighted by Crippen LogP contribution is 2.37. The maximum absolute atomic E-state index is 13.4. The third-order valence-corrected chi connectivity index (χ3v) is 4.89. The molecule has 0 heterocycles. The predicted molar refractivity (Wildman–Crippen MR) is 88.5 cm³/mol. The zero-order valence-electron chi connectivity index (χ0n) is 10.5. The molecule has 19 heavy (non-hydrogen) atoms. The molecule has 0 fully saturated rings. The second-order valence-electron chi connectivity index (χ2n) is 4.52. The number of hydrogen-bond acceptors (Lipinski definition) is 0. The molecule has 0 bridgehead atoms. The molecule has 0 aliphatic heterocycles. The van der Waals surface area contributed by atoms with Gasteiger partial charge in [-0.2, -0.15) is 0 Å². The van der Waals surface area contributed by atoms with Crippen molar-refractivity contribution in [1.82, 2.24) is 0 Å². The molecule has 0 N–H and O–H groups in total. The van der Waals surface area contributed by atoms with E-state index < -0.39 is 0 Å². The van der Waals surface area contributed by atoms with Gasteiger partial charge in [0.1, 0.15) is 5.82 Å².